The molecule has 2 unspecified atom stereocenters. The molecule has 6 rings (SSSR count). The number of pyridine rings is 2. The summed E-state index contributed by atoms with van der Waals surface area (Å²) < 4.78 is 9.39. The van der Waals surface area contributed by atoms with Gasteiger partial charge >= 0.3 is 6.09 Å². The highest BCUT2D eigenvalue weighted by molar-refractivity contribution is 5.86. The summed E-state index contributed by atoms with van der Waals surface area (Å²) in [5.41, 5.74) is 5.57. The van der Waals surface area contributed by atoms with E-state index < -0.39 is 5.60 Å². The van der Waals surface area contributed by atoms with Crippen LogP contribution in [-0.4, -0.2) is 72.9 Å². The van der Waals surface area contributed by atoms with Crippen LogP contribution in [0.3, 0.4) is 0 Å². The fourth-order valence-electron chi connectivity index (χ4n) is 5.80. The first-order valence-electron chi connectivity index (χ1n) is 13.3. The fourth-order valence-corrected chi connectivity index (χ4v) is 5.80. The molecule has 0 aliphatic carbocycles. The Kier molecular flexibility index (Phi) is 6.12. The minimum Gasteiger partial charge on any atom is -0.444 e. The fraction of sp³-hybridized carbons (Fsp3) is 0.414. The van der Waals surface area contributed by atoms with Gasteiger partial charge in [-0.3, -0.25) is 14.6 Å². The van der Waals surface area contributed by atoms with Gasteiger partial charge in [0.25, 0.3) is 0 Å². The van der Waals surface area contributed by atoms with Crippen molar-refractivity contribution in [3.63, 3.8) is 0 Å². The van der Waals surface area contributed by atoms with Gasteiger partial charge in [0.05, 0.1) is 36.5 Å². The summed E-state index contributed by atoms with van der Waals surface area (Å²) in [4.78, 5) is 26.1. The molecule has 2 aliphatic heterocycles. The van der Waals surface area contributed by atoms with E-state index in [0.717, 1.165) is 65.1 Å². The monoisotopic (exact) mass is 526 g/mol. The molecule has 0 spiro atoms. The van der Waals surface area contributed by atoms with E-state index >= 15 is 0 Å². The van der Waals surface area contributed by atoms with Crippen LogP contribution in [0.1, 0.15) is 39.2 Å². The van der Waals surface area contributed by atoms with E-state index in [0.29, 0.717) is 6.54 Å². The molecule has 2 aliphatic rings. The third kappa shape index (κ3) is 4.75. The third-order valence-electron chi connectivity index (χ3n) is 7.48. The molecule has 6 heterocycles. The number of aliphatic imine (C=N–C) groups is 1. The predicted octanol–water partition coefficient (Wildman–Crippen LogP) is 4.59. The molecule has 2 bridgehead atoms. The molecule has 4 aromatic rings. The molecule has 0 radical (unpaired) electrons. The normalized spacial score (nSPS) is 19.1. The van der Waals surface area contributed by atoms with Crippen LogP contribution in [0.25, 0.3) is 27.8 Å². The number of fused-ring (bicyclic) bond motifs is 3. The molecule has 1 amide bonds. The molecule has 0 N–H and O–H groups in total. The van der Waals surface area contributed by atoms with Gasteiger partial charge in [-0.15, -0.1) is 0 Å². The van der Waals surface area contributed by atoms with Crippen molar-refractivity contribution in [1.29, 1.82) is 0 Å². The van der Waals surface area contributed by atoms with E-state index in [1.165, 1.54) is 0 Å². The zero-order valence-electron chi connectivity index (χ0n) is 22.9. The van der Waals surface area contributed by atoms with Crippen molar-refractivity contribution >= 4 is 24.1 Å². The topological polar surface area (TPSA) is 93.2 Å². The summed E-state index contributed by atoms with van der Waals surface area (Å²) in [6.45, 7) is 11.4. The second kappa shape index (κ2) is 9.52. The number of carbonyl (C=O) groups excluding carboxylic acids is 1. The van der Waals surface area contributed by atoms with Crippen LogP contribution in [0.4, 0.5) is 10.6 Å². The Morgan fingerprint density at radius 1 is 1.05 bits per heavy atom. The lowest BCUT2D eigenvalue weighted by molar-refractivity contribution is 0.0122. The van der Waals surface area contributed by atoms with Crippen molar-refractivity contribution in [2.45, 2.75) is 57.8 Å². The Morgan fingerprint density at radius 2 is 1.82 bits per heavy atom. The Morgan fingerprint density at radius 3 is 2.44 bits per heavy atom. The summed E-state index contributed by atoms with van der Waals surface area (Å²) >= 11 is 0. The number of ether oxygens (including phenoxy) is 1. The molecule has 2 fully saturated rings. The van der Waals surface area contributed by atoms with Crippen LogP contribution in [0, 0.1) is 0 Å². The summed E-state index contributed by atoms with van der Waals surface area (Å²) in [7, 11) is 1.91. The minimum absolute atomic E-state index is 0.136. The number of hydrogen-bond donors (Lipinski definition) is 0. The maximum absolute atomic E-state index is 12.9. The number of aryl methyl sites for hydroxylation is 1. The zero-order chi connectivity index (χ0) is 27.3. The van der Waals surface area contributed by atoms with Crippen molar-refractivity contribution in [3.8, 4) is 22.3 Å². The molecule has 39 heavy (non-hydrogen) atoms. The Bertz CT molecular complexity index is 1520. The lowest BCUT2D eigenvalue weighted by Gasteiger charge is -2.41. The number of hydrogen-bond acceptors (Lipinski definition) is 7. The van der Waals surface area contributed by atoms with Crippen LogP contribution >= 0.6 is 0 Å². The predicted molar refractivity (Wildman–Crippen MR) is 151 cm³/mol. The number of rotatable bonds is 5. The van der Waals surface area contributed by atoms with Crippen LogP contribution in [0.15, 0.2) is 54.2 Å². The molecule has 2 saturated heterocycles. The SMILES string of the molecule is C=NCc1cnn2cc(-c3cnn(C)c3)cc(-c3ccc(N4CC5CCC(C4)N5C(=O)OC(C)(C)C)nc3)c12. The third-order valence-corrected chi connectivity index (χ3v) is 7.48. The van der Waals surface area contributed by atoms with E-state index in [2.05, 4.69) is 45.0 Å². The Labute approximate surface area is 227 Å². The summed E-state index contributed by atoms with van der Waals surface area (Å²) in [5, 5.41) is 8.94. The van der Waals surface area contributed by atoms with Gasteiger partial charge in [-0.2, -0.15) is 10.2 Å². The number of amides is 1. The summed E-state index contributed by atoms with van der Waals surface area (Å²) in [5.74, 6) is 0.917. The number of nitrogens with zero attached hydrogens (tertiary/aromatic N) is 8. The lowest BCUT2D eigenvalue weighted by atomic mass is 10.0. The second-order valence-electron chi connectivity index (χ2n) is 11.5. The molecule has 10 heteroatoms. The number of piperazine rings is 1. The van der Waals surface area contributed by atoms with Gasteiger partial charge in [0.15, 0.2) is 0 Å². The Hall–Kier alpha value is -4.21. The molecule has 202 valence electrons. The highest BCUT2D eigenvalue weighted by Crippen LogP contribution is 2.35. The van der Waals surface area contributed by atoms with Gasteiger partial charge in [0, 0.05) is 66.5 Å². The summed E-state index contributed by atoms with van der Waals surface area (Å²) in [6, 6.07) is 6.63. The molecule has 4 aromatic heterocycles. The first-order valence-corrected chi connectivity index (χ1v) is 13.3. The maximum atomic E-state index is 12.9. The highest BCUT2D eigenvalue weighted by Gasteiger charge is 2.44. The largest absolute Gasteiger partial charge is 0.444 e. The van der Waals surface area contributed by atoms with E-state index in [9.17, 15) is 4.79 Å². The van der Waals surface area contributed by atoms with Crippen molar-refractivity contribution in [2.24, 2.45) is 12.0 Å². The van der Waals surface area contributed by atoms with Gasteiger partial charge < -0.3 is 9.64 Å². The average Bonchev–Trinajstić information content (AvgIpc) is 3.58. The van der Waals surface area contributed by atoms with Gasteiger partial charge in [0.2, 0.25) is 0 Å². The zero-order valence-corrected chi connectivity index (χ0v) is 22.9. The van der Waals surface area contributed by atoms with Crippen molar-refractivity contribution < 1.29 is 9.53 Å². The van der Waals surface area contributed by atoms with E-state index in [1.807, 2.05) is 68.2 Å². The van der Waals surface area contributed by atoms with Crippen LogP contribution in [0.2, 0.25) is 0 Å². The number of carbonyl (C=O) groups is 1. The molecular weight excluding hydrogens is 492 g/mol. The van der Waals surface area contributed by atoms with Crippen LogP contribution in [-0.2, 0) is 18.3 Å². The van der Waals surface area contributed by atoms with Gasteiger partial charge in [0.1, 0.15) is 11.4 Å². The van der Waals surface area contributed by atoms with Gasteiger partial charge in [-0.25, -0.2) is 14.3 Å². The van der Waals surface area contributed by atoms with E-state index in [-0.39, 0.29) is 18.2 Å². The van der Waals surface area contributed by atoms with Crippen molar-refractivity contribution in [2.75, 3.05) is 18.0 Å². The van der Waals surface area contributed by atoms with Crippen LogP contribution < -0.4 is 4.90 Å². The summed E-state index contributed by atoms with van der Waals surface area (Å²) in [6.07, 6.45) is 11.4. The lowest BCUT2D eigenvalue weighted by Crippen LogP contribution is -2.57. The second-order valence-corrected chi connectivity index (χ2v) is 11.5. The Balaban J connectivity index is 1.29. The minimum atomic E-state index is -0.498. The molecule has 2 atom stereocenters. The maximum Gasteiger partial charge on any atom is 0.410 e. The van der Waals surface area contributed by atoms with Gasteiger partial charge in [-0.05, 0) is 58.5 Å². The van der Waals surface area contributed by atoms with Crippen molar-refractivity contribution in [3.05, 3.63) is 54.7 Å². The number of anilines is 1. The van der Waals surface area contributed by atoms with Crippen molar-refractivity contribution in [1.82, 2.24) is 29.3 Å². The van der Waals surface area contributed by atoms with E-state index in [4.69, 9.17) is 9.72 Å². The first kappa shape index (κ1) is 25.1. The quantitative estimate of drug-likeness (QED) is 0.353. The van der Waals surface area contributed by atoms with E-state index in [1.54, 1.807) is 4.68 Å². The number of aromatic nitrogens is 5. The highest BCUT2D eigenvalue weighted by atomic mass is 16.6. The smallest absolute Gasteiger partial charge is 0.410 e. The average molecular weight is 527 g/mol. The molecule has 0 saturated carbocycles. The molecule has 0 aromatic carbocycles. The standard InChI is InChI=1S/C29H34N8O2/c1-29(2,3)39-28(38)37-23-7-8-24(37)18-35(17-23)26-9-6-19(12-31-26)25-10-20(22-14-32-34(5)15-22)16-36-27(25)21(11-30-4)13-33-36/h6,9-10,12-16,23-24H,4,7-8,11,17-18H2,1-3,5H3. The molecule has 10 nitrogen and oxygen atoms in total. The van der Waals surface area contributed by atoms with Crippen LogP contribution in [0.5, 0.6) is 0 Å². The van der Waals surface area contributed by atoms with Gasteiger partial charge in [-0.1, -0.05) is 0 Å². The first-order chi connectivity index (χ1) is 18.7. The molecular formula is C29H34N8O2.